The van der Waals surface area contributed by atoms with Gasteiger partial charge in [0.25, 0.3) is 5.56 Å². The normalized spacial score (nSPS) is 20.8. The summed E-state index contributed by atoms with van der Waals surface area (Å²) in [5, 5.41) is 0. The summed E-state index contributed by atoms with van der Waals surface area (Å²) >= 11 is 0. The van der Waals surface area contributed by atoms with Gasteiger partial charge in [-0.2, -0.15) is 4.98 Å². The van der Waals surface area contributed by atoms with Gasteiger partial charge in [0.2, 0.25) is 5.95 Å². The number of H-pyrrole nitrogens is 1. The number of anilines is 1. The van der Waals surface area contributed by atoms with Gasteiger partial charge < -0.3 is 10.5 Å². The third-order valence-electron chi connectivity index (χ3n) is 2.92. The zero-order chi connectivity index (χ0) is 11.8. The number of rotatable bonds is 1. The molecule has 2 aromatic rings. The summed E-state index contributed by atoms with van der Waals surface area (Å²) in [6, 6.07) is 0. The molecular weight excluding hydrogens is 222 g/mol. The fraction of sp³-hybridized carbons (Fsp3) is 0.500. The first-order chi connectivity index (χ1) is 8.25. The van der Waals surface area contributed by atoms with Crippen LogP contribution in [0.5, 0.6) is 0 Å². The lowest BCUT2D eigenvalue weighted by Crippen LogP contribution is -2.19. The molecule has 7 heteroatoms. The molecule has 0 amide bonds. The van der Waals surface area contributed by atoms with Gasteiger partial charge in [-0.05, 0) is 19.3 Å². The fourth-order valence-corrected chi connectivity index (χ4v) is 2.10. The van der Waals surface area contributed by atoms with Crippen LogP contribution in [0, 0.1) is 0 Å². The second kappa shape index (κ2) is 3.85. The van der Waals surface area contributed by atoms with Crippen molar-refractivity contribution >= 4 is 17.1 Å². The smallest absolute Gasteiger partial charge is 0.280 e. The summed E-state index contributed by atoms with van der Waals surface area (Å²) in [5.74, 6) is 0.0973. The van der Waals surface area contributed by atoms with Crippen LogP contribution >= 0.6 is 0 Å². The Hall–Kier alpha value is -1.89. The van der Waals surface area contributed by atoms with E-state index in [4.69, 9.17) is 10.5 Å². The summed E-state index contributed by atoms with van der Waals surface area (Å²) in [6.45, 7) is 0.725. The lowest BCUT2D eigenvalue weighted by molar-refractivity contribution is -0.0298. The van der Waals surface area contributed by atoms with Crippen LogP contribution in [-0.2, 0) is 4.74 Å². The standard InChI is InChI=1S/C10H13N5O2/c11-10-13-8-7(9(16)14-10)12-5-15(8)6-3-1-2-4-17-6/h5-6H,1-4H2,(H3,11,13,14,16). The molecule has 1 unspecified atom stereocenters. The second-order valence-corrected chi connectivity index (χ2v) is 4.10. The summed E-state index contributed by atoms with van der Waals surface area (Å²) in [6.07, 6.45) is 4.56. The number of nitrogens with two attached hydrogens (primary N) is 1. The molecule has 3 N–H and O–H groups in total. The van der Waals surface area contributed by atoms with Crippen molar-refractivity contribution in [2.45, 2.75) is 25.5 Å². The van der Waals surface area contributed by atoms with E-state index in [1.807, 2.05) is 0 Å². The number of fused-ring (bicyclic) bond motifs is 1. The summed E-state index contributed by atoms with van der Waals surface area (Å²) in [4.78, 5) is 22.2. The highest BCUT2D eigenvalue weighted by atomic mass is 16.5. The summed E-state index contributed by atoms with van der Waals surface area (Å²) in [5.41, 5.74) is 6.00. The molecule has 7 nitrogen and oxygen atoms in total. The molecule has 2 aromatic heterocycles. The van der Waals surface area contributed by atoms with E-state index < -0.39 is 0 Å². The molecule has 0 saturated carbocycles. The zero-order valence-electron chi connectivity index (χ0n) is 9.22. The first-order valence-electron chi connectivity index (χ1n) is 5.59. The van der Waals surface area contributed by atoms with E-state index in [0.717, 1.165) is 25.9 Å². The molecule has 17 heavy (non-hydrogen) atoms. The Morgan fingerprint density at radius 2 is 2.41 bits per heavy atom. The van der Waals surface area contributed by atoms with Gasteiger partial charge in [0.15, 0.2) is 11.2 Å². The molecule has 3 heterocycles. The third-order valence-corrected chi connectivity index (χ3v) is 2.92. The number of nitrogens with one attached hydrogen (secondary N) is 1. The van der Waals surface area contributed by atoms with E-state index in [9.17, 15) is 4.79 Å². The molecule has 0 radical (unpaired) electrons. The van der Waals surface area contributed by atoms with Crippen LogP contribution in [0.3, 0.4) is 0 Å². The predicted octanol–water partition coefficient (Wildman–Crippen LogP) is 0.401. The lowest BCUT2D eigenvalue weighted by Gasteiger charge is -2.23. The van der Waals surface area contributed by atoms with Crippen LogP contribution in [0.25, 0.3) is 11.2 Å². The Balaban J connectivity index is 2.13. The van der Waals surface area contributed by atoms with Crippen LogP contribution in [0.2, 0.25) is 0 Å². The summed E-state index contributed by atoms with van der Waals surface area (Å²) < 4.78 is 7.42. The van der Waals surface area contributed by atoms with Gasteiger partial charge in [-0.1, -0.05) is 0 Å². The molecule has 0 bridgehead atoms. The van der Waals surface area contributed by atoms with Crippen LogP contribution in [0.15, 0.2) is 11.1 Å². The maximum absolute atomic E-state index is 11.6. The molecule has 0 aromatic carbocycles. The largest absolute Gasteiger partial charge is 0.369 e. The Morgan fingerprint density at radius 1 is 1.53 bits per heavy atom. The van der Waals surface area contributed by atoms with Gasteiger partial charge in [0, 0.05) is 6.61 Å². The van der Waals surface area contributed by atoms with E-state index in [1.54, 1.807) is 10.9 Å². The molecule has 1 saturated heterocycles. The zero-order valence-corrected chi connectivity index (χ0v) is 9.22. The maximum Gasteiger partial charge on any atom is 0.280 e. The van der Waals surface area contributed by atoms with Crippen molar-refractivity contribution in [3.8, 4) is 0 Å². The predicted molar refractivity (Wildman–Crippen MR) is 61.4 cm³/mol. The van der Waals surface area contributed by atoms with Crippen LogP contribution in [-0.4, -0.2) is 26.1 Å². The first kappa shape index (κ1) is 10.3. The average Bonchev–Trinajstić information content (AvgIpc) is 2.74. The van der Waals surface area contributed by atoms with Crippen molar-refractivity contribution < 1.29 is 4.74 Å². The number of aromatic amines is 1. The summed E-state index contributed by atoms with van der Waals surface area (Å²) in [7, 11) is 0. The number of nitrogen functional groups attached to an aromatic ring is 1. The Kier molecular flexibility index (Phi) is 2.32. The molecule has 1 aliphatic rings. The van der Waals surface area contributed by atoms with Gasteiger partial charge in [0.05, 0.1) is 6.33 Å². The van der Waals surface area contributed by atoms with E-state index in [-0.39, 0.29) is 17.7 Å². The molecular formula is C10H13N5O2. The van der Waals surface area contributed by atoms with Crippen LogP contribution < -0.4 is 11.3 Å². The van der Waals surface area contributed by atoms with Gasteiger partial charge in [-0.3, -0.25) is 14.3 Å². The van der Waals surface area contributed by atoms with Crippen LogP contribution in [0.4, 0.5) is 5.95 Å². The highest BCUT2D eigenvalue weighted by Crippen LogP contribution is 2.24. The number of imidazole rings is 1. The molecule has 3 rings (SSSR count). The first-order valence-corrected chi connectivity index (χ1v) is 5.59. The monoisotopic (exact) mass is 235 g/mol. The van der Waals surface area contributed by atoms with Crippen molar-refractivity contribution in [3.05, 3.63) is 16.7 Å². The van der Waals surface area contributed by atoms with Gasteiger partial charge >= 0.3 is 0 Å². The Morgan fingerprint density at radius 3 is 3.18 bits per heavy atom. The SMILES string of the molecule is Nc1nc2c(ncn2C2CCCCO2)c(=O)[nH]1. The number of hydrogen-bond acceptors (Lipinski definition) is 5. The van der Waals surface area contributed by atoms with E-state index >= 15 is 0 Å². The van der Waals surface area contributed by atoms with E-state index in [2.05, 4.69) is 15.0 Å². The van der Waals surface area contributed by atoms with Gasteiger partial charge in [0.1, 0.15) is 6.23 Å². The van der Waals surface area contributed by atoms with E-state index in [0.29, 0.717) is 11.2 Å². The highest BCUT2D eigenvalue weighted by Gasteiger charge is 2.19. The van der Waals surface area contributed by atoms with Crippen molar-refractivity contribution in [2.24, 2.45) is 0 Å². The third kappa shape index (κ3) is 1.68. The number of hydrogen-bond donors (Lipinski definition) is 2. The maximum atomic E-state index is 11.6. The Labute approximate surface area is 96.6 Å². The fourth-order valence-electron chi connectivity index (χ4n) is 2.10. The molecule has 1 aliphatic heterocycles. The number of nitrogens with zero attached hydrogens (tertiary/aromatic N) is 3. The molecule has 1 fully saturated rings. The topological polar surface area (TPSA) is 98.8 Å². The minimum absolute atomic E-state index is 0.0950. The molecule has 0 spiro atoms. The lowest BCUT2D eigenvalue weighted by atomic mass is 10.2. The highest BCUT2D eigenvalue weighted by molar-refractivity contribution is 5.70. The minimum atomic E-state index is -0.318. The average molecular weight is 235 g/mol. The van der Waals surface area contributed by atoms with Crippen molar-refractivity contribution in [3.63, 3.8) is 0 Å². The molecule has 0 aliphatic carbocycles. The molecule has 1 atom stereocenters. The second-order valence-electron chi connectivity index (χ2n) is 4.10. The minimum Gasteiger partial charge on any atom is -0.369 e. The van der Waals surface area contributed by atoms with Gasteiger partial charge in [-0.15, -0.1) is 0 Å². The van der Waals surface area contributed by atoms with Crippen LogP contribution in [0.1, 0.15) is 25.5 Å². The van der Waals surface area contributed by atoms with Gasteiger partial charge in [-0.25, -0.2) is 4.98 Å². The van der Waals surface area contributed by atoms with Crippen molar-refractivity contribution in [1.29, 1.82) is 0 Å². The quantitative estimate of drug-likeness (QED) is 0.745. The molecule has 90 valence electrons. The Bertz CT molecular complexity index is 596. The van der Waals surface area contributed by atoms with E-state index in [1.165, 1.54) is 0 Å². The number of ether oxygens (including phenoxy) is 1. The van der Waals surface area contributed by atoms with Crippen molar-refractivity contribution in [2.75, 3.05) is 12.3 Å². The van der Waals surface area contributed by atoms with Crippen molar-refractivity contribution in [1.82, 2.24) is 19.5 Å². The number of aromatic nitrogens is 4.